The van der Waals surface area contributed by atoms with Gasteiger partial charge in [0.2, 0.25) is 0 Å². The standard InChI is InChI=1S/C19H22N4O/c1-13(2)23-15-7-8-18(22-12-15)19(24)20-10-9-14-11-21-17-6-4-3-5-16(14)17/h3-8,11-13,21,23H,9-10H2,1-2H3,(H,20,24). The van der Waals surface area contributed by atoms with Crippen molar-refractivity contribution in [1.29, 1.82) is 0 Å². The van der Waals surface area contributed by atoms with Crippen LogP contribution in [0.4, 0.5) is 5.69 Å². The Labute approximate surface area is 141 Å². The minimum absolute atomic E-state index is 0.147. The number of carbonyl (C=O) groups is 1. The Morgan fingerprint density at radius 1 is 1.21 bits per heavy atom. The molecule has 3 N–H and O–H groups in total. The van der Waals surface area contributed by atoms with Gasteiger partial charge in [0.1, 0.15) is 5.69 Å². The zero-order valence-electron chi connectivity index (χ0n) is 14.0. The Bertz CT molecular complexity index is 821. The molecule has 0 aliphatic heterocycles. The smallest absolute Gasteiger partial charge is 0.269 e. The normalized spacial score (nSPS) is 11.0. The molecule has 2 heterocycles. The SMILES string of the molecule is CC(C)Nc1ccc(C(=O)NCCc2c[nH]c3ccccc23)nc1. The van der Waals surface area contributed by atoms with Crippen molar-refractivity contribution < 1.29 is 4.79 Å². The molecule has 0 atom stereocenters. The molecule has 1 aromatic carbocycles. The highest BCUT2D eigenvalue weighted by Crippen LogP contribution is 2.17. The molecule has 0 saturated carbocycles. The third-order valence-electron chi connectivity index (χ3n) is 3.81. The number of anilines is 1. The number of aromatic nitrogens is 2. The van der Waals surface area contributed by atoms with Crippen molar-refractivity contribution in [3.8, 4) is 0 Å². The third-order valence-corrected chi connectivity index (χ3v) is 3.81. The lowest BCUT2D eigenvalue weighted by Crippen LogP contribution is -2.26. The zero-order chi connectivity index (χ0) is 16.9. The molecule has 0 saturated heterocycles. The van der Waals surface area contributed by atoms with Crippen LogP contribution >= 0.6 is 0 Å². The van der Waals surface area contributed by atoms with Crippen molar-refractivity contribution in [2.24, 2.45) is 0 Å². The van der Waals surface area contributed by atoms with Crippen LogP contribution in [-0.4, -0.2) is 28.5 Å². The van der Waals surface area contributed by atoms with Gasteiger partial charge in [-0.1, -0.05) is 18.2 Å². The lowest BCUT2D eigenvalue weighted by atomic mass is 10.1. The number of aromatic amines is 1. The van der Waals surface area contributed by atoms with E-state index in [2.05, 4.69) is 40.5 Å². The Hall–Kier alpha value is -2.82. The van der Waals surface area contributed by atoms with Crippen LogP contribution in [0.1, 0.15) is 29.9 Å². The summed E-state index contributed by atoms with van der Waals surface area (Å²) in [6.45, 7) is 4.70. The highest BCUT2D eigenvalue weighted by Gasteiger charge is 2.08. The Morgan fingerprint density at radius 2 is 2.04 bits per heavy atom. The van der Waals surface area contributed by atoms with Crippen LogP contribution in [0.3, 0.4) is 0 Å². The average molecular weight is 322 g/mol. The summed E-state index contributed by atoms with van der Waals surface area (Å²) in [6.07, 6.45) is 4.47. The molecular weight excluding hydrogens is 300 g/mol. The fraction of sp³-hybridized carbons (Fsp3) is 0.263. The topological polar surface area (TPSA) is 69.8 Å². The number of H-pyrrole nitrogens is 1. The van der Waals surface area contributed by atoms with Crippen LogP contribution in [0, 0.1) is 0 Å². The van der Waals surface area contributed by atoms with E-state index in [1.165, 1.54) is 10.9 Å². The molecule has 24 heavy (non-hydrogen) atoms. The first-order valence-corrected chi connectivity index (χ1v) is 8.19. The maximum atomic E-state index is 12.2. The number of pyridine rings is 1. The molecular formula is C19H22N4O. The monoisotopic (exact) mass is 322 g/mol. The molecule has 0 radical (unpaired) electrons. The highest BCUT2D eigenvalue weighted by atomic mass is 16.1. The number of fused-ring (bicyclic) bond motifs is 1. The van der Waals surface area contributed by atoms with Gasteiger partial charge in [0, 0.05) is 29.7 Å². The van der Waals surface area contributed by atoms with Gasteiger partial charge in [0.15, 0.2) is 0 Å². The number of rotatable bonds is 6. The van der Waals surface area contributed by atoms with Crippen molar-refractivity contribution in [1.82, 2.24) is 15.3 Å². The second-order valence-corrected chi connectivity index (χ2v) is 6.10. The number of hydrogen-bond donors (Lipinski definition) is 3. The summed E-state index contributed by atoms with van der Waals surface area (Å²) in [5.41, 5.74) is 3.67. The van der Waals surface area contributed by atoms with E-state index in [0.29, 0.717) is 18.3 Å². The van der Waals surface area contributed by atoms with Crippen molar-refractivity contribution in [3.63, 3.8) is 0 Å². The van der Waals surface area contributed by atoms with E-state index in [1.54, 1.807) is 12.3 Å². The molecule has 0 bridgehead atoms. The van der Waals surface area contributed by atoms with Crippen molar-refractivity contribution in [2.45, 2.75) is 26.3 Å². The number of para-hydroxylation sites is 1. The van der Waals surface area contributed by atoms with Crippen LogP contribution in [-0.2, 0) is 6.42 Å². The summed E-state index contributed by atoms with van der Waals surface area (Å²) in [6, 6.07) is 12.1. The van der Waals surface area contributed by atoms with Crippen molar-refractivity contribution in [3.05, 3.63) is 60.0 Å². The minimum atomic E-state index is -0.147. The number of amides is 1. The van der Waals surface area contributed by atoms with Crippen molar-refractivity contribution in [2.75, 3.05) is 11.9 Å². The Morgan fingerprint density at radius 3 is 2.79 bits per heavy atom. The zero-order valence-corrected chi connectivity index (χ0v) is 14.0. The largest absolute Gasteiger partial charge is 0.382 e. The molecule has 3 rings (SSSR count). The minimum Gasteiger partial charge on any atom is -0.382 e. The van der Waals surface area contributed by atoms with Crippen LogP contribution < -0.4 is 10.6 Å². The molecule has 2 aromatic heterocycles. The van der Waals surface area contributed by atoms with Crippen LogP contribution in [0.15, 0.2) is 48.8 Å². The van der Waals surface area contributed by atoms with E-state index in [1.807, 2.05) is 30.5 Å². The molecule has 1 amide bonds. The third kappa shape index (κ3) is 3.74. The van der Waals surface area contributed by atoms with Gasteiger partial charge in [-0.05, 0) is 44.0 Å². The number of carbonyl (C=O) groups excluding carboxylic acids is 1. The molecule has 3 aromatic rings. The maximum Gasteiger partial charge on any atom is 0.269 e. The summed E-state index contributed by atoms with van der Waals surface area (Å²) < 4.78 is 0. The van der Waals surface area contributed by atoms with E-state index in [4.69, 9.17) is 0 Å². The summed E-state index contributed by atoms with van der Waals surface area (Å²) in [4.78, 5) is 19.6. The average Bonchev–Trinajstić information content (AvgIpc) is 2.98. The van der Waals surface area contributed by atoms with Gasteiger partial charge in [0.05, 0.1) is 11.9 Å². The summed E-state index contributed by atoms with van der Waals surface area (Å²) in [5, 5.41) is 7.38. The van der Waals surface area contributed by atoms with Crippen molar-refractivity contribution >= 4 is 22.5 Å². The lowest BCUT2D eigenvalue weighted by Gasteiger charge is -2.10. The molecule has 124 valence electrons. The van der Waals surface area contributed by atoms with Crippen LogP contribution in [0.5, 0.6) is 0 Å². The molecule has 0 unspecified atom stereocenters. The first kappa shape index (κ1) is 16.1. The quantitative estimate of drug-likeness (QED) is 0.652. The van der Waals surface area contributed by atoms with Gasteiger partial charge in [-0.2, -0.15) is 0 Å². The van der Waals surface area contributed by atoms with Gasteiger partial charge in [-0.25, -0.2) is 4.98 Å². The molecule has 0 aliphatic carbocycles. The fourth-order valence-corrected chi connectivity index (χ4v) is 2.69. The summed E-state index contributed by atoms with van der Waals surface area (Å²) in [5.74, 6) is -0.147. The van der Waals surface area contributed by atoms with Crippen LogP contribution in [0.2, 0.25) is 0 Å². The maximum absolute atomic E-state index is 12.2. The summed E-state index contributed by atoms with van der Waals surface area (Å²) in [7, 11) is 0. The Kier molecular flexibility index (Phi) is 4.79. The fourth-order valence-electron chi connectivity index (χ4n) is 2.69. The van der Waals surface area contributed by atoms with E-state index < -0.39 is 0 Å². The van der Waals surface area contributed by atoms with Gasteiger partial charge in [-0.3, -0.25) is 4.79 Å². The first-order chi connectivity index (χ1) is 11.6. The number of benzene rings is 1. The van der Waals surface area contributed by atoms with E-state index in [0.717, 1.165) is 17.6 Å². The predicted molar refractivity (Wildman–Crippen MR) is 97.3 cm³/mol. The predicted octanol–water partition coefficient (Wildman–Crippen LogP) is 3.36. The van der Waals surface area contributed by atoms with Gasteiger partial charge in [0.25, 0.3) is 5.91 Å². The molecule has 0 spiro atoms. The number of nitrogens with zero attached hydrogens (tertiary/aromatic N) is 1. The van der Waals surface area contributed by atoms with E-state index >= 15 is 0 Å². The number of hydrogen-bond acceptors (Lipinski definition) is 3. The number of nitrogens with one attached hydrogen (secondary N) is 3. The van der Waals surface area contributed by atoms with Gasteiger partial charge >= 0.3 is 0 Å². The van der Waals surface area contributed by atoms with E-state index in [9.17, 15) is 4.79 Å². The summed E-state index contributed by atoms with van der Waals surface area (Å²) >= 11 is 0. The molecule has 5 heteroatoms. The molecule has 0 aliphatic rings. The first-order valence-electron chi connectivity index (χ1n) is 8.19. The second kappa shape index (κ2) is 7.17. The lowest BCUT2D eigenvalue weighted by molar-refractivity contribution is 0.0949. The van der Waals surface area contributed by atoms with Gasteiger partial charge < -0.3 is 15.6 Å². The highest BCUT2D eigenvalue weighted by molar-refractivity contribution is 5.92. The molecule has 0 fully saturated rings. The van der Waals surface area contributed by atoms with Crippen LogP contribution in [0.25, 0.3) is 10.9 Å². The molecule has 5 nitrogen and oxygen atoms in total. The van der Waals surface area contributed by atoms with Gasteiger partial charge in [-0.15, -0.1) is 0 Å². The van der Waals surface area contributed by atoms with E-state index in [-0.39, 0.29) is 5.91 Å². The Balaban J connectivity index is 1.55. The second-order valence-electron chi connectivity index (χ2n) is 6.10.